The summed E-state index contributed by atoms with van der Waals surface area (Å²) in [5, 5.41) is 4.98. The molecule has 1 aromatic heterocycles. The maximum Gasteiger partial charge on any atom is 0.119 e. The van der Waals surface area contributed by atoms with E-state index >= 15 is 0 Å². The van der Waals surface area contributed by atoms with E-state index < -0.39 is 0 Å². The van der Waals surface area contributed by atoms with Gasteiger partial charge in [-0.05, 0) is 53.3 Å². The van der Waals surface area contributed by atoms with Crippen LogP contribution in [0.4, 0.5) is 5.69 Å². The summed E-state index contributed by atoms with van der Waals surface area (Å²) in [6.07, 6.45) is 0.997. The van der Waals surface area contributed by atoms with Crippen molar-refractivity contribution in [2.24, 2.45) is 0 Å². The van der Waals surface area contributed by atoms with Gasteiger partial charge >= 0.3 is 0 Å². The molecule has 0 aliphatic carbocycles. The van der Waals surface area contributed by atoms with Crippen molar-refractivity contribution in [3.63, 3.8) is 0 Å². The first-order chi connectivity index (χ1) is 13.3. The summed E-state index contributed by atoms with van der Waals surface area (Å²) in [5.41, 5.74) is 6.23. The Labute approximate surface area is 159 Å². The van der Waals surface area contributed by atoms with Crippen molar-refractivity contribution in [2.45, 2.75) is 18.4 Å². The predicted octanol–water partition coefficient (Wildman–Crippen LogP) is 5.87. The molecule has 2 atom stereocenters. The minimum Gasteiger partial charge on any atom is -0.497 e. The van der Waals surface area contributed by atoms with E-state index in [1.807, 2.05) is 6.07 Å². The molecule has 1 aliphatic rings. The van der Waals surface area contributed by atoms with Gasteiger partial charge in [0.1, 0.15) is 5.75 Å². The third-order valence-electron chi connectivity index (χ3n) is 5.56. The van der Waals surface area contributed by atoms with Crippen LogP contribution in [0.25, 0.3) is 10.9 Å². The van der Waals surface area contributed by atoms with Crippen LogP contribution < -0.4 is 10.1 Å². The molecule has 134 valence electrons. The standard InChI is InChI=1S/C24H22N2O/c1-27-18-11-12-22-19(14-18)20(15-23(26-22)16-7-3-2-4-8-16)24-13-17-9-5-6-10-21(17)25-24/h2-14,20,23,25-26H,15H2,1H3/t20-,23-/m1/s1. The third kappa shape index (κ3) is 2.85. The van der Waals surface area contributed by atoms with E-state index in [-0.39, 0.29) is 12.0 Å². The molecule has 0 radical (unpaired) electrons. The number of nitrogens with one attached hydrogen (secondary N) is 2. The zero-order valence-electron chi connectivity index (χ0n) is 15.3. The van der Waals surface area contributed by atoms with Crippen molar-refractivity contribution in [2.75, 3.05) is 12.4 Å². The second-order valence-electron chi connectivity index (χ2n) is 7.16. The van der Waals surface area contributed by atoms with Crippen molar-refractivity contribution >= 4 is 16.6 Å². The highest BCUT2D eigenvalue weighted by molar-refractivity contribution is 5.81. The maximum absolute atomic E-state index is 5.50. The molecule has 0 saturated carbocycles. The zero-order valence-corrected chi connectivity index (χ0v) is 15.3. The summed E-state index contributed by atoms with van der Waals surface area (Å²) in [4.78, 5) is 3.65. The molecule has 27 heavy (non-hydrogen) atoms. The largest absolute Gasteiger partial charge is 0.497 e. The number of aromatic nitrogens is 1. The number of hydrogen-bond acceptors (Lipinski definition) is 2. The van der Waals surface area contributed by atoms with Crippen molar-refractivity contribution < 1.29 is 4.74 Å². The normalized spacial score (nSPS) is 18.7. The number of fused-ring (bicyclic) bond motifs is 2. The number of H-pyrrole nitrogens is 1. The van der Waals surface area contributed by atoms with Crippen molar-refractivity contribution in [1.82, 2.24) is 4.98 Å². The lowest BCUT2D eigenvalue weighted by molar-refractivity contribution is 0.413. The first kappa shape index (κ1) is 16.0. The number of ether oxygens (including phenoxy) is 1. The van der Waals surface area contributed by atoms with Gasteiger partial charge in [-0.2, -0.15) is 0 Å². The second-order valence-corrected chi connectivity index (χ2v) is 7.16. The van der Waals surface area contributed by atoms with Gasteiger partial charge in [0.2, 0.25) is 0 Å². The Hall–Kier alpha value is -3.20. The van der Waals surface area contributed by atoms with Crippen LogP contribution in [0.5, 0.6) is 5.75 Å². The van der Waals surface area contributed by atoms with Gasteiger partial charge in [-0.25, -0.2) is 0 Å². The molecule has 0 fully saturated rings. The van der Waals surface area contributed by atoms with Crippen LogP contribution in [0.15, 0.2) is 78.9 Å². The first-order valence-electron chi connectivity index (χ1n) is 9.39. The molecule has 5 rings (SSSR count). The van der Waals surface area contributed by atoms with Crippen molar-refractivity contribution in [1.29, 1.82) is 0 Å². The summed E-state index contributed by atoms with van der Waals surface area (Å²) in [6, 6.07) is 28.1. The highest BCUT2D eigenvalue weighted by Gasteiger charge is 2.30. The van der Waals surface area contributed by atoms with Gasteiger partial charge in [0.05, 0.1) is 13.2 Å². The Kier molecular flexibility index (Phi) is 3.86. The average molecular weight is 354 g/mol. The molecule has 4 aromatic rings. The van der Waals surface area contributed by atoms with Crippen LogP contribution in [0.1, 0.15) is 35.2 Å². The Morgan fingerprint density at radius 3 is 2.52 bits per heavy atom. The number of para-hydroxylation sites is 1. The number of benzene rings is 3. The quantitative estimate of drug-likeness (QED) is 0.483. The fourth-order valence-electron chi connectivity index (χ4n) is 4.18. The monoisotopic (exact) mass is 354 g/mol. The van der Waals surface area contributed by atoms with E-state index in [1.54, 1.807) is 7.11 Å². The van der Waals surface area contributed by atoms with E-state index in [0.29, 0.717) is 0 Å². The molecule has 1 aliphatic heterocycles. The third-order valence-corrected chi connectivity index (χ3v) is 5.56. The summed E-state index contributed by atoms with van der Waals surface area (Å²) in [6.45, 7) is 0. The first-order valence-corrected chi connectivity index (χ1v) is 9.39. The molecule has 3 heteroatoms. The Bertz CT molecular complexity index is 1050. The second kappa shape index (κ2) is 6.51. The topological polar surface area (TPSA) is 37.0 Å². The van der Waals surface area contributed by atoms with Crippen molar-refractivity contribution in [3.8, 4) is 5.75 Å². The number of aromatic amines is 1. The summed E-state index contributed by atoms with van der Waals surface area (Å²) >= 11 is 0. The highest BCUT2D eigenvalue weighted by atomic mass is 16.5. The van der Waals surface area contributed by atoms with Crippen LogP contribution >= 0.6 is 0 Å². The Morgan fingerprint density at radius 2 is 1.70 bits per heavy atom. The van der Waals surface area contributed by atoms with Crippen LogP contribution in [0.2, 0.25) is 0 Å². The molecule has 0 spiro atoms. The molecular formula is C24H22N2O. The van der Waals surface area contributed by atoms with E-state index in [1.165, 1.54) is 33.4 Å². The summed E-state index contributed by atoms with van der Waals surface area (Å²) < 4.78 is 5.50. The number of anilines is 1. The van der Waals surface area contributed by atoms with Gasteiger partial charge in [0.25, 0.3) is 0 Å². The molecule has 0 unspecified atom stereocenters. The van der Waals surface area contributed by atoms with Crippen LogP contribution in [-0.4, -0.2) is 12.1 Å². The van der Waals surface area contributed by atoms with Gasteiger partial charge in [0, 0.05) is 22.8 Å². The number of rotatable bonds is 3. The van der Waals surface area contributed by atoms with Crippen molar-refractivity contribution in [3.05, 3.63) is 95.7 Å². The Morgan fingerprint density at radius 1 is 0.889 bits per heavy atom. The van der Waals surface area contributed by atoms with Crippen LogP contribution in [0, 0.1) is 0 Å². The van der Waals surface area contributed by atoms with E-state index in [9.17, 15) is 0 Å². The van der Waals surface area contributed by atoms with Crippen LogP contribution in [-0.2, 0) is 0 Å². The lowest BCUT2D eigenvalue weighted by Gasteiger charge is -2.33. The van der Waals surface area contributed by atoms with Crippen LogP contribution in [0.3, 0.4) is 0 Å². The number of hydrogen-bond donors (Lipinski definition) is 2. The molecule has 2 heterocycles. The summed E-state index contributed by atoms with van der Waals surface area (Å²) in [7, 11) is 1.72. The number of methoxy groups -OCH3 is 1. The maximum atomic E-state index is 5.50. The van der Waals surface area contributed by atoms with Gasteiger partial charge in [0.15, 0.2) is 0 Å². The van der Waals surface area contributed by atoms with Gasteiger partial charge in [-0.3, -0.25) is 0 Å². The summed E-state index contributed by atoms with van der Waals surface area (Å²) in [5.74, 6) is 1.18. The molecule has 3 aromatic carbocycles. The van der Waals surface area contributed by atoms with Gasteiger partial charge in [-0.1, -0.05) is 48.5 Å². The highest BCUT2D eigenvalue weighted by Crippen LogP contribution is 2.45. The minimum absolute atomic E-state index is 0.281. The van der Waals surface area contributed by atoms with E-state index in [4.69, 9.17) is 4.74 Å². The zero-order chi connectivity index (χ0) is 18.2. The smallest absolute Gasteiger partial charge is 0.119 e. The molecule has 3 nitrogen and oxygen atoms in total. The van der Waals surface area contributed by atoms with Gasteiger partial charge < -0.3 is 15.0 Å². The predicted molar refractivity (Wildman–Crippen MR) is 111 cm³/mol. The molecule has 0 amide bonds. The fourth-order valence-corrected chi connectivity index (χ4v) is 4.18. The van der Waals surface area contributed by atoms with E-state index in [0.717, 1.165) is 12.2 Å². The average Bonchev–Trinajstić information content (AvgIpc) is 3.17. The molecule has 0 saturated heterocycles. The molecule has 2 N–H and O–H groups in total. The molecular weight excluding hydrogens is 332 g/mol. The fraction of sp³-hybridized carbons (Fsp3) is 0.167. The lowest BCUT2D eigenvalue weighted by Crippen LogP contribution is -2.22. The van der Waals surface area contributed by atoms with Gasteiger partial charge in [-0.15, -0.1) is 0 Å². The minimum atomic E-state index is 0.281. The SMILES string of the molecule is COc1ccc2c(c1)[C@H](c1cc3ccccc3[nH]1)C[C@H](c1ccccc1)N2. The molecule has 0 bridgehead atoms. The Balaban J connectivity index is 1.63. The van der Waals surface area contributed by atoms with E-state index in [2.05, 4.69) is 83.1 Å². The lowest BCUT2D eigenvalue weighted by atomic mass is 9.82.